The Hall–Kier alpha value is -2.67. The van der Waals surface area contributed by atoms with Gasteiger partial charge < -0.3 is 9.64 Å². The van der Waals surface area contributed by atoms with Crippen LogP contribution >= 0.6 is 11.8 Å². The van der Waals surface area contributed by atoms with Gasteiger partial charge in [0.2, 0.25) is 0 Å². The first-order chi connectivity index (χ1) is 13.2. The van der Waals surface area contributed by atoms with Gasteiger partial charge in [-0.05, 0) is 41.8 Å². The van der Waals surface area contributed by atoms with Gasteiger partial charge in [0.1, 0.15) is 5.75 Å². The predicted molar refractivity (Wildman–Crippen MR) is 106 cm³/mol. The van der Waals surface area contributed by atoms with Gasteiger partial charge in [-0.1, -0.05) is 30.0 Å². The van der Waals surface area contributed by atoms with Crippen molar-refractivity contribution in [3.8, 4) is 5.75 Å². The molecule has 0 spiro atoms. The molecule has 0 aliphatic heterocycles. The van der Waals surface area contributed by atoms with Gasteiger partial charge in [0.05, 0.1) is 7.11 Å². The molecule has 3 aromatic carbocycles. The van der Waals surface area contributed by atoms with E-state index in [1.165, 1.54) is 13.2 Å². The minimum Gasteiger partial charge on any atom is -0.497 e. The van der Waals surface area contributed by atoms with Crippen LogP contribution in [-0.2, 0) is 0 Å². The number of anilines is 1. The molecule has 0 aliphatic carbocycles. The molecule has 0 radical (unpaired) electrons. The zero-order valence-corrected chi connectivity index (χ0v) is 16.3. The Morgan fingerprint density at radius 2 is 1.64 bits per heavy atom. The molecule has 3 nitrogen and oxygen atoms in total. The standard InChI is InChI=1S/C21H18F3NO2S/c1-25(2)18-6-4-5-16-15(18)11-12-17(20(26)21(22,23)24)19(16)28-14-9-7-13(27-3)8-10-14/h4-12H,1-3H3. The highest BCUT2D eigenvalue weighted by molar-refractivity contribution is 7.99. The fourth-order valence-electron chi connectivity index (χ4n) is 2.91. The van der Waals surface area contributed by atoms with E-state index in [2.05, 4.69) is 0 Å². The Balaban J connectivity index is 2.22. The number of Topliss-reactive ketones (excluding diaryl/α,β-unsaturated/α-hetero) is 1. The minimum absolute atomic E-state index is 0.286. The van der Waals surface area contributed by atoms with E-state index in [1.807, 2.05) is 25.1 Å². The zero-order valence-electron chi connectivity index (χ0n) is 15.5. The monoisotopic (exact) mass is 405 g/mol. The molecule has 0 fully saturated rings. The second kappa shape index (κ2) is 7.75. The van der Waals surface area contributed by atoms with Gasteiger partial charge in [-0.3, -0.25) is 4.79 Å². The number of halogens is 3. The number of alkyl halides is 3. The van der Waals surface area contributed by atoms with Gasteiger partial charge in [0.15, 0.2) is 0 Å². The Bertz CT molecular complexity index is 1010. The number of rotatable bonds is 5. The van der Waals surface area contributed by atoms with Crippen LogP contribution in [0.3, 0.4) is 0 Å². The van der Waals surface area contributed by atoms with E-state index in [4.69, 9.17) is 4.74 Å². The number of methoxy groups -OCH3 is 1. The summed E-state index contributed by atoms with van der Waals surface area (Å²) in [6, 6.07) is 15.2. The summed E-state index contributed by atoms with van der Waals surface area (Å²) in [7, 11) is 5.26. The van der Waals surface area contributed by atoms with Gasteiger partial charge >= 0.3 is 6.18 Å². The predicted octanol–water partition coefficient (Wildman–Crippen LogP) is 5.81. The SMILES string of the molecule is COc1ccc(Sc2c(C(=O)C(F)(F)F)ccc3c(N(C)C)cccc23)cc1. The third kappa shape index (κ3) is 3.94. The van der Waals surface area contributed by atoms with Gasteiger partial charge in [-0.15, -0.1) is 0 Å². The molecule has 28 heavy (non-hydrogen) atoms. The average molecular weight is 405 g/mol. The Morgan fingerprint density at radius 3 is 2.21 bits per heavy atom. The van der Waals surface area contributed by atoms with E-state index in [9.17, 15) is 18.0 Å². The fraction of sp³-hybridized carbons (Fsp3) is 0.190. The number of hydrogen-bond acceptors (Lipinski definition) is 4. The molecule has 0 atom stereocenters. The largest absolute Gasteiger partial charge is 0.497 e. The highest BCUT2D eigenvalue weighted by atomic mass is 32.2. The summed E-state index contributed by atoms with van der Waals surface area (Å²) in [6.07, 6.45) is -4.94. The first-order valence-corrected chi connectivity index (χ1v) is 9.20. The first-order valence-electron chi connectivity index (χ1n) is 8.39. The molecule has 146 valence electrons. The summed E-state index contributed by atoms with van der Waals surface area (Å²) in [4.78, 5) is 14.9. The molecule has 0 saturated heterocycles. The van der Waals surface area contributed by atoms with Crippen LogP contribution in [0.5, 0.6) is 5.75 Å². The van der Waals surface area contributed by atoms with Crippen LogP contribution in [0.2, 0.25) is 0 Å². The van der Waals surface area contributed by atoms with Crippen molar-refractivity contribution in [3.05, 3.63) is 60.2 Å². The fourth-order valence-corrected chi connectivity index (χ4v) is 3.97. The quantitative estimate of drug-likeness (QED) is 0.501. The maximum absolute atomic E-state index is 13.2. The normalized spacial score (nSPS) is 11.5. The number of carbonyl (C=O) groups is 1. The molecule has 0 N–H and O–H groups in total. The third-order valence-electron chi connectivity index (χ3n) is 4.25. The number of fused-ring (bicyclic) bond motifs is 1. The number of nitrogens with zero attached hydrogens (tertiary/aromatic N) is 1. The van der Waals surface area contributed by atoms with Gasteiger partial charge in [0, 0.05) is 40.5 Å². The number of benzene rings is 3. The highest BCUT2D eigenvalue weighted by Gasteiger charge is 2.40. The van der Waals surface area contributed by atoms with E-state index in [0.29, 0.717) is 16.0 Å². The summed E-state index contributed by atoms with van der Waals surface area (Å²) < 4.78 is 44.6. The van der Waals surface area contributed by atoms with Crippen molar-refractivity contribution in [1.29, 1.82) is 0 Å². The number of hydrogen-bond donors (Lipinski definition) is 0. The summed E-state index contributed by atoms with van der Waals surface area (Å²) in [5.74, 6) is -1.20. The topological polar surface area (TPSA) is 29.5 Å². The van der Waals surface area contributed by atoms with Crippen LogP contribution in [0, 0.1) is 0 Å². The first kappa shape index (κ1) is 20.1. The van der Waals surface area contributed by atoms with Crippen molar-refractivity contribution >= 4 is 34.0 Å². The number of ether oxygens (including phenoxy) is 1. The van der Waals surface area contributed by atoms with Gasteiger partial charge in [-0.2, -0.15) is 13.2 Å². The summed E-state index contributed by atoms with van der Waals surface area (Å²) in [5, 5.41) is 1.38. The van der Waals surface area contributed by atoms with E-state index >= 15 is 0 Å². The molecule has 3 aromatic rings. The molecule has 0 heterocycles. The Morgan fingerprint density at radius 1 is 0.964 bits per heavy atom. The lowest BCUT2D eigenvalue weighted by atomic mass is 10.0. The van der Waals surface area contributed by atoms with Crippen molar-refractivity contribution in [2.45, 2.75) is 16.0 Å². The molecular weight excluding hydrogens is 387 g/mol. The second-order valence-electron chi connectivity index (χ2n) is 6.31. The molecule has 0 unspecified atom stereocenters. The van der Waals surface area contributed by atoms with Crippen molar-refractivity contribution in [1.82, 2.24) is 0 Å². The van der Waals surface area contributed by atoms with Gasteiger partial charge in [0.25, 0.3) is 5.78 Å². The Labute approximate surface area is 165 Å². The van der Waals surface area contributed by atoms with Crippen LogP contribution in [-0.4, -0.2) is 33.2 Å². The smallest absolute Gasteiger partial charge is 0.454 e. The summed E-state index contributed by atoms with van der Waals surface area (Å²) in [6.45, 7) is 0. The minimum atomic E-state index is -4.94. The van der Waals surface area contributed by atoms with E-state index < -0.39 is 12.0 Å². The van der Waals surface area contributed by atoms with Crippen molar-refractivity contribution in [2.75, 3.05) is 26.1 Å². The van der Waals surface area contributed by atoms with E-state index in [1.54, 1.807) is 42.5 Å². The molecule has 0 saturated carbocycles. The number of carbonyl (C=O) groups excluding carboxylic acids is 1. The van der Waals surface area contributed by atoms with Crippen LogP contribution < -0.4 is 9.64 Å². The van der Waals surface area contributed by atoms with E-state index in [-0.39, 0.29) is 10.5 Å². The molecular formula is C21H18F3NO2S. The molecule has 7 heteroatoms. The maximum Gasteiger partial charge on any atom is 0.454 e. The Kier molecular flexibility index (Phi) is 5.56. The van der Waals surface area contributed by atoms with E-state index in [0.717, 1.165) is 22.8 Å². The second-order valence-corrected chi connectivity index (χ2v) is 7.40. The molecule has 0 amide bonds. The molecule has 0 aromatic heterocycles. The maximum atomic E-state index is 13.2. The molecule has 0 bridgehead atoms. The highest BCUT2D eigenvalue weighted by Crippen LogP contribution is 2.41. The average Bonchev–Trinajstić information content (AvgIpc) is 2.67. The molecule has 3 rings (SSSR count). The summed E-state index contributed by atoms with van der Waals surface area (Å²) in [5.41, 5.74) is 0.511. The van der Waals surface area contributed by atoms with Crippen LogP contribution in [0.4, 0.5) is 18.9 Å². The molecule has 0 aliphatic rings. The lowest BCUT2D eigenvalue weighted by molar-refractivity contribution is -0.0886. The zero-order chi connectivity index (χ0) is 20.5. The van der Waals surface area contributed by atoms with Gasteiger partial charge in [-0.25, -0.2) is 0 Å². The third-order valence-corrected chi connectivity index (χ3v) is 5.40. The van der Waals surface area contributed by atoms with Crippen molar-refractivity contribution in [3.63, 3.8) is 0 Å². The summed E-state index contributed by atoms with van der Waals surface area (Å²) >= 11 is 1.13. The van der Waals surface area contributed by atoms with Crippen LogP contribution in [0.25, 0.3) is 10.8 Å². The number of ketones is 1. The lowest BCUT2D eigenvalue weighted by Crippen LogP contribution is -2.23. The van der Waals surface area contributed by atoms with Crippen LogP contribution in [0.1, 0.15) is 10.4 Å². The lowest BCUT2D eigenvalue weighted by Gasteiger charge is -2.19. The van der Waals surface area contributed by atoms with Crippen molar-refractivity contribution < 1.29 is 22.7 Å². The van der Waals surface area contributed by atoms with Crippen LogP contribution in [0.15, 0.2) is 64.4 Å². The van der Waals surface area contributed by atoms with Crippen molar-refractivity contribution in [2.24, 2.45) is 0 Å².